The van der Waals surface area contributed by atoms with Crippen LogP contribution in [-0.4, -0.2) is 45.7 Å². The number of aliphatic hydroxyl groups is 2. The van der Waals surface area contributed by atoms with Crippen LogP contribution in [0, 0.1) is 16.0 Å². The van der Waals surface area contributed by atoms with Crippen molar-refractivity contribution in [1.29, 1.82) is 0 Å². The maximum Gasteiger partial charge on any atom is 0.287 e. The first-order valence-corrected chi connectivity index (χ1v) is 9.25. The zero-order valence-electron chi connectivity index (χ0n) is 15.4. The second kappa shape index (κ2) is 8.85. The number of carbonyl (C=O) groups is 1. The van der Waals surface area contributed by atoms with E-state index in [1.54, 1.807) is 6.07 Å². The van der Waals surface area contributed by atoms with Crippen LogP contribution in [0.5, 0.6) is 0 Å². The Hall–Kier alpha value is -2.91. The van der Waals surface area contributed by atoms with E-state index >= 15 is 0 Å². The molecule has 2 heterocycles. The fourth-order valence-corrected chi connectivity index (χ4v) is 3.51. The highest BCUT2D eigenvalue weighted by molar-refractivity contribution is 6.05. The molecule has 4 N–H and O–H groups in total. The van der Waals surface area contributed by atoms with Gasteiger partial charge in [0.05, 0.1) is 29.1 Å². The van der Waals surface area contributed by atoms with Crippen molar-refractivity contribution in [2.45, 2.75) is 25.9 Å². The molecule has 28 heavy (non-hydrogen) atoms. The zero-order chi connectivity index (χ0) is 20.1. The van der Waals surface area contributed by atoms with Gasteiger partial charge in [0, 0.05) is 25.8 Å². The van der Waals surface area contributed by atoms with Crippen molar-refractivity contribution in [3.8, 4) is 0 Å². The molecule has 0 bridgehead atoms. The average Bonchev–Trinajstić information content (AvgIpc) is 3.20. The van der Waals surface area contributed by atoms with E-state index in [0.29, 0.717) is 17.2 Å². The smallest absolute Gasteiger partial charge is 0.287 e. The Bertz CT molecular complexity index is 843. The number of H-pyrrole nitrogens is 1. The van der Waals surface area contributed by atoms with E-state index in [2.05, 4.69) is 15.2 Å². The van der Waals surface area contributed by atoms with E-state index in [0.717, 1.165) is 38.0 Å². The molecule has 3 rings (SSSR count). The van der Waals surface area contributed by atoms with Crippen LogP contribution >= 0.6 is 0 Å². The predicted octanol–water partition coefficient (Wildman–Crippen LogP) is 2.27. The van der Waals surface area contributed by atoms with E-state index in [1.165, 1.54) is 12.3 Å². The van der Waals surface area contributed by atoms with E-state index in [4.69, 9.17) is 5.11 Å². The zero-order valence-corrected chi connectivity index (χ0v) is 15.4. The monoisotopic (exact) mass is 388 g/mol. The summed E-state index contributed by atoms with van der Waals surface area (Å²) < 4.78 is 0. The molecular formula is C19H24N4O5. The molecule has 1 fully saturated rings. The van der Waals surface area contributed by atoms with Crippen molar-refractivity contribution in [3.63, 3.8) is 0 Å². The van der Waals surface area contributed by atoms with E-state index in [-0.39, 0.29) is 24.6 Å². The molecule has 1 aliphatic rings. The molecule has 1 aromatic carbocycles. The Morgan fingerprint density at radius 1 is 1.29 bits per heavy atom. The van der Waals surface area contributed by atoms with Crippen LogP contribution in [0.25, 0.3) is 0 Å². The maximum atomic E-state index is 12.5. The number of nitrogens with zero attached hydrogens (tertiary/aromatic N) is 2. The third-order valence-corrected chi connectivity index (χ3v) is 5.11. The number of nitrogens with one attached hydrogen (secondary N) is 2. The molecular weight excluding hydrogens is 364 g/mol. The number of hydrogen-bond donors (Lipinski definition) is 4. The van der Waals surface area contributed by atoms with Gasteiger partial charge in [-0.25, -0.2) is 0 Å². The highest BCUT2D eigenvalue weighted by atomic mass is 16.6. The Labute approximate surface area is 162 Å². The van der Waals surface area contributed by atoms with Crippen LogP contribution in [0.4, 0.5) is 17.1 Å². The van der Waals surface area contributed by atoms with Crippen molar-refractivity contribution < 1.29 is 19.9 Å². The van der Waals surface area contributed by atoms with Crippen LogP contribution in [0.1, 0.15) is 35.3 Å². The second-order valence-corrected chi connectivity index (χ2v) is 6.94. The van der Waals surface area contributed by atoms with Gasteiger partial charge in [-0.2, -0.15) is 0 Å². The van der Waals surface area contributed by atoms with Crippen molar-refractivity contribution in [1.82, 2.24) is 4.98 Å². The number of hydrogen-bond acceptors (Lipinski definition) is 6. The number of aliphatic hydroxyl groups excluding tert-OH is 2. The number of aromatic nitrogens is 1. The van der Waals surface area contributed by atoms with Gasteiger partial charge in [0.25, 0.3) is 11.6 Å². The minimum atomic E-state index is -0.568. The predicted molar refractivity (Wildman–Crippen MR) is 104 cm³/mol. The Balaban J connectivity index is 1.79. The summed E-state index contributed by atoms with van der Waals surface area (Å²) in [6.07, 6.45) is 3.88. The van der Waals surface area contributed by atoms with Crippen LogP contribution in [0.15, 0.2) is 30.5 Å². The molecule has 0 radical (unpaired) electrons. The standard InChI is InChI=1S/C19H24N4O5/c24-8-5-13-3-6-22(7-4-13)18-2-1-14(12-25)9-16(18)21-19(26)17-10-15(11-20-17)23(27)28/h1-2,9-11,13,20,24-25H,3-8,12H2,(H,21,26). The van der Waals surface area contributed by atoms with Gasteiger partial charge in [-0.3, -0.25) is 14.9 Å². The Kier molecular flexibility index (Phi) is 6.27. The van der Waals surface area contributed by atoms with Crippen LogP contribution < -0.4 is 10.2 Å². The Morgan fingerprint density at radius 2 is 2.04 bits per heavy atom. The minimum Gasteiger partial charge on any atom is -0.396 e. The minimum absolute atomic E-state index is 0.0914. The lowest BCUT2D eigenvalue weighted by Crippen LogP contribution is -2.34. The molecule has 0 atom stereocenters. The summed E-state index contributed by atoms with van der Waals surface area (Å²) in [6.45, 7) is 1.65. The molecule has 1 aromatic heterocycles. The molecule has 0 unspecified atom stereocenters. The lowest BCUT2D eigenvalue weighted by Gasteiger charge is -2.34. The van der Waals surface area contributed by atoms with Gasteiger partial charge in [0.1, 0.15) is 5.69 Å². The van der Waals surface area contributed by atoms with Gasteiger partial charge < -0.3 is 25.4 Å². The number of piperidine rings is 1. The molecule has 150 valence electrons. The van der Waals surface area contributed by atoms with Crippen molar-refractivity contribution in [3.05, 3.63) is 51.8 Å². The maximum absolute atomic E-state index is 12.5. The van der Waals surface area contributed by atoms with Crippen LogP contribution in [-0.2, 0) is 6.61 Å². The van der Waals surface area contributed by atoms with Gasteiger partial charge >= 0.3 is 0 Å². The molecule has 1 aliphatic heterocycles. The summed E-state index contributed by atoms with van der Waals surface area (Å²) in [5.41, 5.74) is 1.96. The number of carbonyl (C=O) groups excluding carboxylic acids is 1. The summed E-state index contributed by atoms with van der Waals surface area (Å²) >= 11 is 0. The van der Waals surface area contributed by atoms with Crippen LogP contribution in [0.3, 0.4) is 0 Å². The van der Waals surface area contributed by atoms with Gasteiger partial charge in [-0.05, 0) is 42.9 Å². The lowest BCUT2D eigenvalue weighted by atomic mass is 9.93. The third kappa shape index (κ3) is 4.49. The molecule has 2 aromatic rings. The van der Waals surface area contributed by atoms with Gasteiger partial charge in [0.2, 0.25) is 0 Å². The molecule has 1 amide bonds. The second-order valence-electron chi connectivity index (χ2n) is 6.94. The molecule has 0 spiro atoms. The first kappa shape index (κ1) is 19.8. The number of anilines is 2. The van der Waals surface area contributed by atoms with Gasteiger partial charge in [-0.15, -0.1) is 0 Å². The first-order valence-electron chi connectivity index (χ1n) is 9.25. The van der Waals surface area contributed by atoms with Gasteiger partial charge in [0.15, 0.2) is 0 Å². The largest absolute Gasteiger partial charge is 0.396 e. The normalized spacial score (nSPS) is 14.9. The van der Waals surface area contributed by atoms with Crippen molar-refractivity contribution >= 4 is 23.0 Å². The SMILES string of the molecule is O=C(Nc1cc(CO)ccc1N1CCC(CCO)CC1)c1cc([N+](=O)[O-])c[nH]1. The summed E-state index contributed by atoms with van der Waals surface area (Å²) in [5, 5.41) is 32.2. The van der Waals surface area contributed by atoms with E-state index in [9.17, 15) is 20.0 Å². The van der Waals surface area contributed by atoms with Crippen molar-refractivity contribution in [2.24, 2.45) is 5.92 Å². The summed E-state index contributed by atoms with van der Waals surface area (Å²) in [5.74, 6) is 0.00933. The fraction of sp³-hybridized carbons (Fsp3) is 0.421. The van der Waals surface area contributed by atoms with Gasteiger partial charge in [-0.1, -0.05) is 6.07 Å². The number of aromatic amines is 1. The summed E-state index contributed by atoms with van der Waals surface area (Å²) in [6, 6.07) is 6.57. The van der Waals surface area contributed by atoms with E-state index in [1.807, 2.05) is 12.1 Å². The quantitative estimate of drug-likeness (QED) is 0.425. The molecule has 9 nitrogen and oxygen atoms in total. The first-order chi connectivity index (χ1) is 13.5. The molecule has 1 saturated heterocycles. The van der Waals surface area contributed by atoms with Crippen molar-refractivity contribution in [2.75, 3.05) is 29.9 Å². The number of benzene rings is 1. The average molecular weight is 388 g/mol. The fourth-order valence-electron chi connectivity index (χ4n) is 3.51. The number of rotatable bonds is 7. The summed E-state index contributed by atoms with van der Waals surface area (Å²) in [7, 11) is 0. The third-order valence-electron chi connectivity index (χ3n) is 5.11. The lowest BCUT2D eigenvalue weighted by molar-refractivity contribution is -0.384. The molecule has 0 saturated carbocycles. The number of nitro groups is 1. The van der Waals surface area contributed by atoms with Crippen LogP contribution in [0.2, 0.25) is 0 Å². The highest BCUT2D eigenvalue weighted by Crippen LogP contribution is 2.32. The number of amides is 1. The molecule has 0 aliphatic carbocycles. The molecule has 9 heteroatoms. The highest BCUT2D eigenvalue weighted by Gasteiger charge is 2.22. The van der Waals surface area contributed by atoms with E-state index < -0.39 is 10.8 Å². The Morgan fingerprint density at radius 3 is 2.64 bits per heavy atom. The summed E-state index contributed by atoms with van der Waals surface area (Å²) in [4.78, 5) is 27.6. The topological polar surface area (TPSA) is 132 Å².